The SMILES string of the molecule is CCNc1ccc(C#N)cc1N=C1S/C(=C(\C)N(CC)/C(=C\S)c2ccc(Cl)cc2)C(=O)N1Cc1ccccc1. The van der Waals surface area contributed by atoms with E-state index in [2.05, 4.69) is 28.9 Å². The molecule has 3 aromatic carbocycles. The molecule has 0 unspecified atom stereocenters. The molecule has 1 amide bonds. The molecule has 6 nitrogen and oxygen atoms in total. The summed E-state index contributed by atoms with van der Waals surface area (Å²) in [5, 5.41) is 15.8. The second kappa shape index (κ2) is 13.6. The highest BCUT2D eigenvalue weighted by atomic mass is 35.5. The van der Waals surface area contributed by atoms with Gasteiger partial charge in [-0.1, -0.05) is 54.1 Å². The summed E-state index contributed by atoms with van der Waals surface area (Å²) in [7, 11) is 0. The minimum Gasteiger partial charge on any atom is -0.384 e. The number of amidine groups is 1. The topological polar surface area (TPSA) is 71.7 Å². The fourth-order valence-electron chi connectivity index (χ4n) is 4.38. The largest absolute Gasteiger partial charge is 0.384 e. The van der Waals surface area contributed by atoms with E-state index in [1.807, 2.05) is 81.4 Å². The molecule has 0 spiro atoms. The predicted molar refractivity (Wildman–Crippen MR) is 170 cm³/mol. The number of allylic oxidation sites excluding steroid dienone is 1. The minimum atomic E-state index is -0.125. The van der Waals surface area contributed by atoms with Crippen LogP contribution >= 0.6 is 36.0 Å². The van der Waals surface area contributed by atoms with Gasteiger partial charge in [0, 0.05) is 23.8 Å². The summed E-state index contributed by atoms with van der Waals surface area (Å²) in [6.45, 7) is 7.67. The lowest BCUT2D eigenvalue weighted by molar-refractivity contribution is -0.122. The second-order valence-electron chi connectivity index (χ2n) is 8.93. The Morgan fingerprint density at radius 3 is 2.50 bits per heavy atom. The van der Waals surface area contributed by atoms with Gasteiger partial charge in [-0.2, -0.15) is 5.26 Å². The first-order chi connectivity index (χ1) is 19.4. The predicted octanol–water partition coefficient (Wildman–Crippen LogP) is 7.89. The number of hydrogen-bond acceptors (Lipinski definition) is 7. The number of anilines is 1. The van der Waals surface area contributed by atoms with Crippen LogP contribution in [0.15, 0.2) is 93.8 Å². The van der Waals surface area contributed by atoms with E-state index in [1.165, 1.54) is 11.8 Å². The van der Waals surface area contributed by atoms with Gasteiger partial charge in [0.25, 0.3) is 5.91 Å². The van der Waals surface area contributed by atoms with Crippen LogP contribution in [0.1, 0.15) is 37.5 Å². The van der Waals surface area contributed by atoms with Crippen molar-refractivity contribution in [1.82, 2.24) is 9.80 Å². The Balaban J connectivity index is 1.81. The standard InChI is InChI=1S/C31H30ClN5OS2/c1-4-34-26-16-11-23(18-33)17-27(26)35-31-37(19-22-9-7-6-8-10-22)30(38)29(40-31)21(3)36(5-2)28(20-39)24-12-14-25(32)15-13-24/h6-17,20,34,39H,4-5,19H2,1-3H3/b28-20-,29-21+,35-31?. The van der Waals surface area contributed by atoms with Crippen molar-refractivity contribution in [2.45, 2.75) is 27.3 Å². The summed E-state index contributed by atoms with van der Waals surface area (Å²) in [5.41, 5.74) is 5.50. The molecule has 1 fully saturated rings. The van der Waals surface area contributed by atoms with E-state index >= 15 is 0 Å². The van der Waals surface area contributed by atoms with Crippen molar-refractivity contribution in [1.29, 1.82) is 5.26 Å². The number of nitrogens with one attached hydrogen (secondary N) is 1. The Labute approximate surface area is 250 Å². The Morgan fingerprint density at radius 2 is 1.88 bits per heavy atom. The minimum absolute atomic E-state index is 0.125. The number of benzene rings is 3. The maximum absolute atomic E-state index is 14.0. The van der Waals surface area contributed by atoms with Gasteiger partial charge >= 0.3 is 0 Å². The maximum atomic E-state index is 14.0. The van der Waals surface area contributed by atoms with E-state index < -0.39 is 0 Å². The van der Waals surface area contributed by atoms with E-state index in [-0.39, 0.29) is 5.91 Å². The van der Waals surface area contributed by atoms with Crippen molar-refractivity contribution in [3.8, 4) is 6.07 Å². The zero-order chi connectivity index (χ0) is 28.6. The molecule has 40 heavy (non-hydrogen) atoms. The second-order valence-corrected chi connectivity index (χ2v) is 10.6. The highest BCUT2D eigenvalue weighted by Crippen LogP contribution is 2.39. The molecule has 0 radical (unpaired) electrons. The third-order valence-electron chi connectivity index (χ3n) is 6.36. The Hall–Kier alpha value is -3.64. The first-order valence-electron chi connectivity index (χ1n) is 12.9. The zero-order valence-electron chi connectivity index (χ0n) is 22.6. The Kier molecular flexibility index (Phi) is 9.99. The third kappa shape index (κ3) is 6.56. The first-order valence-corrected chi connectivity index (χ1v) is 14.6. The Morgan fingerprint density at radius 1 is 1.15 bits per heavy atom. The van der Waals surface area contributed by atoms with Crippen molar-refractivity contribution in [3.05, 3.63) is 111 Å². The monoisotopic (exact) mass is 587 g/mol. The van der Waals surface area contributed by atoms with Gasteiger partial charge in [0.05, 0.1) is 40.2 Å². The molecule has 0 aromatic heterocycles. The summed E-state index contributed by atoms with van der Waals surface area (Å²) in [5.74, 6) is -0.125. The van der Waals surface area contributed by atoms with Gasteiger partial charge in [0.2, 0.25) is 0 Å². The van der Waals surface area contributed by atoms with Crippen LogP contribution in [0.2, 0.25) is 5.02 Å². The summed E-state index contributed by atoms with van der Waals surface area (Å²) in [6.07, 6.45) is 0. The van der Waals surface area contributed by atoms with E-state index in [0.29, 0.717) is 46.0 Å². The van der Waals surface area contributed by atoms with Crippen LogP contribution < -0.4 is 5.32 Å². The van der Waals surface area contributed by atoms with Gasteiger partial charge in [-0.3, -0.25) is 9.69 Å². The number of thioether (sulfide) groups is 1. The van der Waals surface area contributed by atoms with Crippen LogP contribution in [0, 0.1) is 11.3 Å². The van der Waals surface area contributed by atoms with Crippen molar-refractivity contribution >= 4 is 64.1 Å². The summed E-state index contributed by atoms with van der Waals surface area (Å²) >= 11 is 12.0. The number of halogens is 1. The lowest BCUT2D eigenvalue weighted by atomic mass is 10.1. The van der Waals surface area contributed by atoms with Gasteiger partial charge in [0.1, 0.15) is 0 Å². The lowest BCUT2D eigenvalue weighted by Gasteiger charge is -2.27. The summed E-state index contributed by atoms with van der Waals surface area (Å²) in [4.78, 5) is 23.3. The molecule has 0 bridgehead atoms. The number of rotatable bonds is 9. The van der Waals surface area contributed by atoms with Crippen LogP contribution in [0.25, 0.3) is 5.70 Å². The van der Waals surface area contributed by atoms with Crippen LogP contribution in [0.3, 0.4) is 0 Å². The molecule has 0 aliphatic carbocycles. The molecule has 204 valence electrons. The van der Waals surface area contributed by atoms with Gasteiger partial charge in [-0.15, -0.1) is 12.6 Å². The van der Waals surface area contributed by atoms with Crippen LogP contribution in [0.5, 0.6) is 0 Å². The third-order valence-corrected chi connectivity index (χ3v) is 8.03. The normalized spacial score (nSPS) is 15.8. The van der Waals surface area contributed by atoms with Crippen molar-refractivity contribution in [2.24, 2.45) is 4.99 Å². The van der Waals surface area contributed by atoms with E-state index in [9.17, 15) is 10.1 Å². The molecule has 3 aromatic rings. The number of amides is 1. The van der Waals surface area contributed by atoms with Gasteiger partial charge in [-0.25, -0.2) is 4.99 Å². The van der Waals surface area contributed by atoms with Crippen molar-refractivity contribution in [3.63, 3.8) is 0 Å². The molecular formula is C31H30ClN5OS2. The van der Waals surface area contributed by atoms with Crippen LogP contribution in [0.4, 0.5) is 11.4 Å². The van der Waals surface area contributed by atoms with Crippen molar-refractivity contribution in [2.75, 3.05) is 18.4 Å². The van der Waals surface area contributed by atoms with Crippen LogP contribution in [-0.2, 0) is 11.3 Å². The smallest absolute Gasteiger partial charge is 0.268 e. The zero-order valence-corrected chi connectivity index (χ0v) is 25.0. The maximum Gasteiger partial charge on any atom is 0.268 e. The number of nitrogens with zero attached hydrogens (tertiary/aromatic N) is 4. The molecule has 1 aliphatic heterocycles. The van der Waals surface area contributed by atoms with Gasteiger partial charge < -0.3 is 10.2 Å². The number of carbonyl (C=O) groups is 1. The summed E-state index contributed by atoms with van der Waals surface area (Å²) < 4.78 is 0. The number of thiol groups is 1. The highest BCUT2D eigenvalue weighted by Gasteiger charge is 2.36. The number of carbonyl (C=O) groups excluding carboxylic acids is 1. The molecule has 0 saturated carbocycles. The lowest BCUT2D eigenvalue weighted by Crippen LogP contribution is -2.29. The molecule has 0 atom stereocenters. The van der Waals surface area contributed by atoms with Crippen molar-refractivity contribution < 1.29 is 4.79 Å². The molecule has 1 N–H and O–H groups in total. The molecular weight excluding hydrogens is 558 g/mol. The quantitative estimate of drug-likeness (QED) is 0.197. The molecule has 1 aliphatic rings. The van der Waals surface area contributed by atoms with E-state index in [1.54, 1.807) is 22.4 Å². The molecule has 9 heteroatoms. The fraction of sp³-hybridized carbons (Fsp3) is 0.194. The molecule has 1 saturated heterocycles. The van der Waals surface area contributed by atoms with Crippen LogP contribution in [-0.4, -0.2) is 34.0 Å². The molecule has 4 rings (SSSR count). The average Bonchev–Trinajstić information content (AvgIpc) is 3.27. The van der Waals surface area contributed by atoms with E-state index in [0.717, 1.165) is 28.2 Å². The number of hydrogen-bond donors (Lipinski definition) is 2. The Bertz CT molecular complexity index is 1510. The number of nitriles is 1. The summed E-state index contributed by atoms with van der Waals surface area (Å²) in [6, 6.07) is 24.9. The highest BCUT2D eigenvalue weighted by molar-refractivity contribution is 8.18. The number of aliphatic imine (C=N–C) groups is 1. The molecule has 1 heterocycles. The van der Waals surface area contributed by atoms with E-state index in [4.69, 9.17) is 16.6 Å². The van der Waals surface area contributed by atoms with Gasteiger partial charge in [-0.05, 0) is 79.4 Å². The first kappa shape index (κ1) is 29.3. The average molecular weight is 588 g/mol. The van der Waals surface area contributed by atoms with Gasteiger partial charge in [0.15, 0.2) is 5.17 Å². The fourth-order valence-corrected chi connectivity index (χ4v) is 5.84.